The molecule has 0 aliphatic rings. The molecule has 0 nitrogen and oxygen atoms in total. The van der Waals surface area contributed by atoms with Gasteiger partial charge in [-0.25, -0.2) is 0 Å². The summed E-state index contributed by atoms with van der Waals surface area (Å²) in [7, 11) is 1.63. The molecule has 4 rings (SSSR count). The molecule has 19 heavy (non-hydrogen) atoms. The first-order valence-corrected chi connectivity index (χ1v) is 8.39. The topological polar surface area (TPSA) is 0 Å². The third-order valence-corrected chi connectivity index (χ3v) is 6.02. The third-order valence-electron chi connectivity index (χ3n) is 3.41. The fraction of sp³-hybridized carbons (Fsp3) is 0. The first-order chi connectivity index (χ1) is 9.38. The molecular weight excluding hydrogens is 266 g/mol. The summed E-state index contributed by atoms with van der Waals surface area (Å²) in [5.41, 5.74) is 0. The molecule has 0 spiro atoms. The summed E-state index contributed by atoms with van der Waals surface area (Å²) >= 11 is 0. The first-order valence-electron chi connectivity index (χ1n) is 6.39. The molecular formula is C17H13P2. The van der Waals surface area contributed by atoms with Gasteiger partial charge >= 0.3 is 0 Å². The molecule has 0 fully saturated rings. The van der Waals surface area contributed by atoms with Crippen LogP contribution in [-0.4, -0.2) is 0 Å². The van der Waals surface area contributed by atoms with Gasteiger partial charge in [0.15, 0.2) is 0 Å². The number of fused-ring (bicyclic) bond motifs is 2. The summed E-state index contributed by atoms with van der Waals surface area (Å²) in [4.78, 5) is 0. The Balaban J connectivity index is 1.73. The summed E-state index contributed by atoms with van der Waals surface area (Å²) in [5.74, 6) is 0. The van der Waals surface area contributed by atoms with Crippen molar-refractivity contribution < 1.29 is 0 Å². The van der Waals surface area contributed by atoms with Crippen LogP contribution in [0.15, 0.2) is 60.7 Å². The van der Waals surface area contributed by atoms with E-state index in [1.165, 1.54) is 31.6 Å². The van der Waals surface area contributed by atoms with Crippen molar-refractivity contribution >= 4 is 37.4 Å². The lowest BCUT2D eigenvalue weighted by Gasteiger charge is -1.92. The summed E-state index contributed by atoms with van der Waals surface area (Å²) < 4.78 is 0. The third kappa shape index (κ3) is 2.12. The Morgan fingerprint density at radius 2 is 1.11 bits per heavy atom. The molecule has 0 bridgehead atoms. The van der Waals surface area contributed by atoms with E-state index in [9.17, 15) is 0 Å². The van der Waals surface area contributed by atoms with Crippen LogP contribution in [0.5, 0.6) is 0 Å². The monoisotopic (exact) mass is 279 g/mol. The second-order valence-electron chi connectivity index (χ2n) is 4.77. The van der Waals surface area contributed by atoms with Crippen molar-refractivity contribution in [2.24, 2.45) is 0 Å². The lowest BCUT2D eigenvalue weighted by atomic mass is 10.2. The molecule has 0 aliphatic heterocycles. The van der Waals surface area contributed by atoms with Crippen molar-refractivity contribution in [1.29, 1.82) is 0 Å². The van der Waals surface area contributed by atoms with Gasteiger partial charge in [0.05, 0.1) is 0 Å². The van der Waals surface area contributed by atoms with E-state index in [2.05, 4.69) is 67.1 Å². The SMILES string of the molecule is [CH](c1cc2ccccc2[pH]1)c1cc2ccccc2[pH]1. The summed E-state index contributed by atoms with van der Waals surface area (Å²) in [5, 5.41) is 8.68. The Labute approximate surface area is 115 Å². The van der Waals surface area contributed by atoms with E-state index in [0.717, 1.165) is 16.4 Å². The summed E-state index contributed by atoms with van der Waals surface area (Å²) in [6.45, 7) is 0. The quantitative estimate of drug-likeness (QED) is 0.444. The molecule has 2 aromatic carbocycles. The zero-order chi connectivity index (χ0) is 12.7. The highest BCUT2D eigenvalue weighted by atomic mass is 31.0. The van der Waals surface area contributed by atoms with Crippen LogP contribution >= 0.6 is 16.4 Å². The Kier molecular flexibility index (Phi) is 2.73. The van der Waals surface area contributed by atoms with E-state index < -0.39 is 0 Å². The van der Waals surface area contributed by atoms with Crippen LogP contribution in [0.4, 0.5) is 0 Å². The number of hydrogen-bond acceptors (Lipinski definition) is 0. The molecule has 1 radical (unpaired) electrons. The lowest BCUT2D eigenvalue weighted by molar-refractivity contribution is 1.65. The average Bonchev–Trinajstić information content (AvgIpc) is 3.00. The average molecular weight is 279 g/mol. The van der Waals surface area contributed by atoms with Gasteiger partial charge in [-0.1, -0.05) is 48.5 Å². The Hall–Kier alpha value is -1.48. The van der Waals surface area contributed by atoms with Gasteiger partial charge in [0, 0.05) is 6.42 Å². The Bertz CT molecular complexity index is 714. The van der Waals surface area contributed by atoms with Crippen molar-refractivity contribution in [3.8, 4) is 0 Å². The highest BCUT2D eigenvalue weighted by molar-refractivity contribution is 7.39. The second-order valence-corrected chi connectivity index (χ2v) is 7.50. The zero-order valence-electron chi connectivity index (χ0n) is 10.4. The molecule has 91 valence electrons. The fourth-order valence-corrected chi connectivity index (χ4v) is 5.15. The van der Waals surface area contributed by atoms with Gasteiger partial charge < -0.3 is 0 Å². The second kappa shape index (κ2) is 4.57. The largest absolute Gasteiger partial charge is 0.128 e. The van der Waals surface area contributed by atoms with Crippen LogP contribution in [0.25, 0.3) is 21.0 Å². The van der Waals surface area contributed by atoms with Gasteiger partial charge in [0.1, 0.15) is 0 Å². The molecule has 0 saturated heterocycles. The van der Waals surface area contributed by atoms with Crippen LogP contribution in [0.2, 0.25) is 0 Å². The summed E-state index contributed by atoms with van der Waals surface area (Å²) in [6.07, 6.45) is 2.39. The maximum atomic E-state index is 2.39. The van der Waals surface area contributed by atoms with E-state index in [1.54, 1.807) is 0 Å². The molecule has 0 N–H and O–H groups in total. The van der Waals surface area contributed by atoms with Crippen LogP contribution in [0.3, 0.4) is 0 Å². The lowest BCUT2D eigenvalue weighted by Crippen LogP contribution is -1.71. The molecule has 2 atom stereocenters. The standard InChI is InChI=1S/C17H13P2/c1-3-7-16-12(5-1)9-14(18-16)11-15-10-13-6-2-4-8-17(13)19-15/h1-11,18-19H. The van der Waals surface area contributed by atoms with Crippen LogP contribution in [0, 0.1) is 6.42 Å². The molecule has 0 aliphatic carbocycles. The van der Waals surface area contributed by atoms with E-state index >= 15 is 0 Å². The smallest absolute Gasteiger partial charge is 0.0276 e. The van der Waals surface area contributed by atoms with Gasteiger partial charge in [-0.05, 0) is 43.7 Å². The minimum atomic E-state index is 0.813. The van der Waals surface area contributed by atoms with Crippen LogP contribution < -0.4 is 0 Å². The normalized spacial score (nSPS) is 12.2. The number of rotatable bonds is 2. The highest BCUT2D eigenvalue weighted by Crippen LogP contribution is 2.37. The van der Waals surface area contributed by atoms with Crippen molar-refractivity contribution in [1.82, 2.24) is 0 Å². The van der Waals surface area contributed by atoms with E-state index in [-0.39, 0.29) is 0 Å². The van der Waals surface area contributed by atoms with Gasteiger partial charge in [-0.2, -0.15) is 0 Å². The molecule has 0 saturated carbocycles. The van der Waals surface area contributed by atoms with Crippen molar-refractivity contribution in [3.05, 3.63) is 77.7 Å². The predicted molar refractivity (Wildman–Crippen MR) is 89.4 cm³/mol. The van der Waals surface area contributed by atoms with Gasteiger partial charge in [0.25, 0.3) is 0 Å². The highest BCUT2D eigenvalue weighted by Gasteiger charge is 2.04. The summed E-state index contributed by atoms with van der Waals surface area (Å²) in [6, 6.07) is 22.1. The zero-order valence-corrected chi connectivity index (χ0v) is 12.4. The maximum absolute atomic E-state index is 2.39. The molecule has 2 heteroatoms. The van der Waals surface area contributed by atoms with Gasteiger partial charge in [-0.3, -0.25) is 0 Å². The minimum absolute atomic E-state index is 0.813. The van der Waals surface area contributed by atoms with Crippen molar-refractivity contribution in [2.45, 2.75) is 0 Å². The van der Waals surface area contributed by atoms with Gasteiger partial charge in [0.2, 0.25) is 0 Å². The molecule has 2 heterocycles. The maximum Gasteiger partial charge on any atom is 0.0276 e. The van der Waals surface area contributed by atoms with Crippen LogP contribution in [-0.2, 0) is 0 Å². The molecule has 2 aromatic heterocycles. The predicted octanol–water partition coefficient (Wildman–Crippen LogP) is 5.66. The minimum Gasteiger partial charge on any atom is -0.128 e. The Morgan fingerprint density at radius 1 is 0.632 bits per heavy atom. The number of hydrogen-bond donors (Lipinski definition) is 0. The van der Waals surface area contributed by atoms with E-state index in [1.807, 2.05) is 0 Å². The Morgan fingerprint density at radius 3 is 1.58 bits per heavy atom. The van der Waals surface area contributed by atoms with E-state index in [4.69, 9.17) is 0 Å². The molecule has 4 aromatic rings. The van der Waals surface area contributed by atoms with Crippen molar-refractivity contribution in [3.63, 3.8) is 0 Å². The molecule has 0 amide bonds. The van der Waals surface area contributed by atoms with Crippen molar-refractivity contribution in [2.75, 3.05) is 0 Å². The van der Waals surface area contributed by atoms with Crippen LogP contribution in [0.1, 0.15) is 10.6 Å². The first kappa shape index (κ1) is 11.4. The molecule has 2 unspecified atom stereocenters. The fourth-order valence-electron chi connectivity index (χ4n) is 2.51. The number of benzene rings is 2. The van der Waals surface area contributed by atoms with E-state index in [0.29, 0.717) is 0 Å². The van der Waals surface area contributed by atoms with Gasteiger partial charge in [-0.15, -0.1) is 16.4 Å².